The molecule has 0 aliphatic rings. The molecule has 0 aliphatic heterocycles. The Balaban J connectivity index is 1.51. The molecule has 23 heavy (non-hydrogen) atoms. The fourth-order valence-electron chi connectivity index (χ4n) is 2.65. The zero-order valence-electron chi connectivity index (χ0n) is 12.6. The Morgan fingerprint density at radius 3 is 2.43 bits per heavy atom. The van der Waals surface area contributed by atoms with Gasteiger partial charge in [0.05, 0.1) is 17.4 Å². The summed E-state index contributed by atoms with van der Waals surface area (Å²) in [5, 5.41) is 0. The normalized spacial score (nSPS) is 11.0. The van der Waals surface area contributed by atoms with Crippen molar-refractivity contribution in [2.45, 2.75) is 12.8 Å². The minimum atomic E-state index is 0.851. The van der Waals surface area contributed by atoms with Gasteiger partial charge in [-0.05, 0) is 29.7 Å². The largest absolute Gasteiger partial charge is 0.345 e. The van der Waals surface area contributed by atoms with Gasteiger partial charge >= 0.3 is 0 Å². The van der Waals surface area contributed by atoms with Crippen LogP contribution in [0.25, 0.3) is 22.2 Å². The molecule has 0 saturated heterocycles. The SMILES string of the molecule is c1ccc(CCc2ncc(-c3ccc4nc[nH]c4c3)cn2)cc1. The molecule has 4 aromatic rings. The van der Waals surface area contributed by atoms with Crippen LogP contribution in [0.15, 0.2) is 67.3 Å². The van der Waals surface area contributed by atoms with E-state index >= 15 is 0 Å². The molecule has 4 heteroatoms. The fourth-order valence-corrected chi connectivity index (χ4v) is 2.65. The molecule has 0 fully saturated rings. The molecule has 0 aliphatic carbocycles. The molecule has 4 nitrogen and oxygen atoms in total. The number of fused-ring (bicyclic) bond motifs is 1. The van der Waals surface area contributed by atoms with Gasteiger partial charge in [0.25, 0.3) is 0 Å². The van der Waals surface area contributed by atoms with Gasteiger partial charge in [0.2, 0.25) is 0 Å². The van der Waals surface area contributed by atoms with Crippen molar-refractivity contribution in [3.8, 4) is 11.1 Å². The van der Waals surface area contributed by atoms with Crippen LogP contribution in [-0.4, -0.2) is 19.9 Å². The highest BCUT2D eigenvalue weighted by molar-refractivity contribution is 5.81. The smallest absolute Gasteiger partial charge is 0.128 e. The van der Waals surface area contributed by atoms with E-state index < -0.39 is 0 Å². The summed E-state index contributed by atoms with van der Waals surface area (Å²) in [5.74, 6) is 0.875. The number of H-pyrrole nitrogens is 1. The summed E-state index contributed by atoms with van der Waals surface area (Å²) in [6, 6.07) is 16.5. The third-order valence-corrected chi connectivity index (χ3v) is 3.94. The average molecular weight is 300 g/mol. The fraction of sp³-hybridized carbons (Fsp3) is 0.105. The van der Waals surface area contributed by atoms with Crippen LogP contribution in [0.5, 0.6) is 0 Å². The van der Waals surface area contributed by atoms with Crippen molar-refractivity contribution in [2.24, 2.45) is 0 Å². The Morgan fingerprint density at radius 2 is 1.61 bits per heavy atom. The zero-order valence-corrected chi connectivity index (χ0v) is 12.6. The Labute approximate surface area is 134 Å². The minimum absolute atomic E-state index is 0.851. The highest BCUT2D eigenvalue weighted by Crippen LogP contribution is 2.21. The van der Waals surface area contributed by atoms with Gasteiger partial charge in [-0.25, -0.2) is 15.0 Å². The van der Waals surface area contributed by atoms with Crippen LogP contribution in [0.2, 0.25) is 0 Å². The number of benzene rings is 2. The topological polar surface area (TPSA) is 54.5 Å². The molecule has 1 N–H and O–H groups in total. The van der Waals surface area contributed by atoms with E-state index in [0.29, 0.717) is 0 Å². The Hall–Kier alpha value is -3.01. The first-order valence-electron chi connectivity index (χ1n) is 7.67. The van der Waals surface area contributed by atoms with Crippen LogP contribution in [-0.2, 0) is 12.8 Å². The van der Waals surface area contributed by atoms with Gasteiger partial charge in [-0.3, -0.25) is 0 Å². The van der Waals surface area contributed by atoms with E-state index in [2.05, 4.69) is 50.3 Å². The maximum absolute atomic E-state index is 4.50. The number of aryl methyl sites for hydroxylation is 2. The van der Waals surface area contributed by atoms with Gasteiger partial charge < -0.3 is 4.98 Å². The minimum Gasteiger partial charge on any atom is -0.345 e. The lowest BCUT2D eigenvalue weighted by atomic mass is 10.1. The van der Waals surface area contributed by atoms with Crippen LogP contribution < -0.4 is 0 Å². The Bertz CT molecular complexity index is 911. The average Bonchev–Trinajstić information content (AvgIpc) is 3.09. The van der Waals surface area contributed by atoms with Crippen molar-refractivity contribution in [1.82, 2.24) is 19.9 Å². The van der Waals surface area contributed by atoms with Crippen LogP contribution >= 0.6 is 0 Å². The molecule has 2 aromatic heterocycles. The number of hydrogen-bond donors (Lipinski definition) is 1. The third-order valence-electron chi connectivity index (χ3n) is 3.94. The quantitative estimate of drug-likeness (QED) is 0.623. The molecular formula is C19H16N4. The van der Waals surface area contributed by atoms with Crippen LogP contribution in [0.4, 0.5) is 0 Å². The summed E-state index contributed by atoms with van der Waals surface area (Å²) in [6.45, 7) is 0. The summed E-state index contributed by atoms with van der Waals surface area (Å²) in [4.78, 5) is 16.4. The molecule has 0 radical (unpaired) electrons. The van der Waals surface area contributed by atoms with E-state index in [1.807, 2.05) is 30.6 Å². The Morgan fingerprint density at radius 1 is 0.783 bits per heavy atom. The van der Waals surface area contributed by atoms with E-state index in [0.717, 1.165) is 40.8 Å². The molecule has 0 unspecified atom stereocenters. The lowest BCUT2D eigenvalue weighted by Gasteiger charge is -2.04. The summed E-state index contributed by atoms with van der Waals surface area (Å²) in [7, 11) is 0. The van der Waals surface area contributed by atoms with Gasteiger partial charge in [-0.1, -0.05) is 36.4 Å². The highest BCUT2D eigenvalue weighted by atomic mass is 14.9. The third kappa shape index (κ3) is 2.97. The number of nitrogens with zero attached hydrogens (tertiary/aromatic N) is 3. The predicted molar refractivity (Wildman–Crippen MR) is 91.0 cm³/mol. The number of aromatic amines is 1. The second-order valence-corrected chi connectivity index (χ2v) is 5.51. The molecule has 0 spiro atoms. The van der Waals surface area contributed by atoms with E-state index in [1.165, 1.54) is 5.56 Å². The molecule has 2 aromatic carbocycles. The standard InChI is InChI=1S/C19H16N4/c1-2-4-14(5-3-1)6-9-19-20-11-16(12-21-19)15-7-8-17-18(10-15)23-13-22-17/h1-5,7-8,10-13H,6,9H2,(H,22,23). The molecule has 2 heterocycles. The van der Waals surface area contributed by atoms with Gasteiger partial charge in [0.1, 0.15) is 5.82 Å². The van der Waals surface area contributed by atoms with Crippen molar-refractivity contribution in [3.63, 3.8) is 0 Å². The van der Waals surface area contributed by atoms with E-state index in [4.69, 9.17) is 0 Å². The van der Waals surface area contributed by atoms with Crippen molar-refractivity contribution in [1.29, 1.82) is 0 Å². The van der Waals surface area contributed by atoms with E-state index in [1.54, 1.807) is 6.33 Å². The lowest BCUT2D eigenvalue weighted by Crippen LogP contribution is -1.98. The second kappa shape index (κ2) is 6.01. The molecular weight excluding hydrogens is 284 g/mol. The first-order valence-corrected chi connectivity index (χ1v) is 7.67. The van der Waals surface area contributed by atoms with E-state index in [9.17, 15) is 0 Å². The van der Waals surface area contributed by atoms with Crippen molar-refractivity contribution >= 4 is 11.0 Å². The van der Waals surface area contributed by atoms with Gasteiger partial charge in [-0.15, -0.1) is 0 Å². The van der Waals surface area contributed by atoms with Crippen LogP contribution in [0, 0.1) is 0 Å². The molecule has 0 saturated carbocycles. The first-order chi connectivity index (χ1) is 11.4. The molecule has 0 amide bonds. The molecule has 0 bridgehead atoms. The monoisotopic (exact) mass is 300 g/mol. The van der Waals surface area contributed by atoms with Crippen molar-refractivity contribution in [2.75, 3.05) is 0 Å². The number of imidazole rings is 1. The van der Waals surface area contributed by atoms with Crippen LogP contribution in [0.3, 0.4) is 0 Å². The Kier molecular flexibility index (Phi) is 3.56. The zero-order chi connectivity index (χ0) is 15.5. The molecule has 4 rings (SSSR count). The maximum atomic E-state index is 4.50. The summed E-state index contributed by atoms with van der Waals surface area (Å²) in [6.07, 6.45) is 7.30. The van der Waals surface area contributed by atoms with Crippen molar-refractivity contribution < 1.29 is 0 Å². The number of rotatable bonds is 4. The lowest BCUT2D eigenvalue weighted by molar-refractivity contribution is 0.859. The van der Waals surface area contributed by atoms with Gasteiger partial charge in [-0.2, -0.15) is 0 Å². The van der Waals surface area contributed by atoms with Crippen molar-refractivity contribution in [3.05, 3.63) is 78.6 Å². The maximum Gasteiger partial charge on any atom is 0.128 e. The second-order valence-electron chi connectivity index (χ2n) is 5.51. The predicted octanol–water partition coefficient (Wildman–Crippen LogP) is 3.81. The highest BCUT2D eigenvalue weighted by Gasteiger charge is 2.04. The number of aromatic nitrogens is 4. The van der Waals surface area contributed by atoms with Crippen LogP contribution in [0.1, 0.15) is 11.4 Å². The first kappa shape index (κ1) is 13.6. The summed E-state index contributed by atoms with van der Waals surface area (Å²) < 4.78 is 0. The number of hydrogen-bond acceptors (Lipinski definition) is 3. The van der Waals surface area contributed by atoms with Gasteiger partial charge in [0, 0.05) is 24.4 Å². The summed E-state index contributed by atoms with van der Waals surface area (Å²) >= 11 is 0. The van der Waals surface area contributed by atoms with E-state index in [-0.39, 0.29) is 0 Å². The molecule has 112 valence electrons. The summed E-state index contributed by atoms with van der Waals surface area (Å²) in [5.41, 5.74) is 5.41. The molecule has 0 atom stereocenters. The number of nitrogens with one attached hydrogen (secondary N) is 1. The van der Waals surface area contributed by atoms with Gasteiger partial charge in [0.15, 0.2) is 0 Å².